The van der Waals surface area contributed by atoms with Gasteiger partial charge in [-0.25, -0.2) is 4.39 Å². The first kappa shape index (κ1) is 11.4. The van der Waals surface area contributed by atoms with Gasteiger partial charge in [0.15, 0.2) is 5.76 Å². The molecule has 0 unspecified atom stereocenters. The zero-order chi connectivity index (χ0) is 12.3. The molecule has 0 saturated carbocycles. The van der Waals surface area contributed by atoms with E-state index in [0.29, 0.717) is 11.3 Å². The number of carbonyl (C=O) groups is 1. The minimum Gasteiger partial charge on any atom is -0.485 e. The number of Topliss-reactive ketones (excluding diaryl/α,β-unsaturated/α-hetero) is 1. The lowest BCUT2D eigenvalue weighted by Crippen LogP contribution is -2.14. The summed E-state index contributed by atoms with van der Waals surface area (Å²) in [7, 11) is 0. The van der Waals surface area contributed by atoms with Crippen LogP contribution >= 0.6 is 0 Å². The third-order valence-corrected chi connectivity index (χ3v) is 2.37. The number of carbonyl (C=O) groups excluding carboxylic acids is 1. The van der Waals surface area contributed by atoms with Gasteiger partial charge in [-0.05, 0) is 29.8 Å². The zero-order valence-electron chi connectivity index (χ0n) is 9.15. The maximum atomic E-state index is 12.9. The highest BCUT2D eigenvalue weighted by Crippen LogP contribution is 2.15. The van der Waals surface area contributed by atoms with Crippen molar-refractivity contribution in [3.05, 3.63) is 59.3 Å². The van der Waals surface area contributed by atoms with Crippen molar-refractivity contribution in [2.75, 3.05) is 0 Å². The van der Waals surface area contributed by atoms with Crippen LogP contribution in [0.3, 0.4) is 0 Å². The van der Waals surface area contributed by atoms with Crippen LogP contribution in [-0.2, 0) is 16.1 Å². The highest BCUT2D eigenvalue weighted by atomic mass is 19.1. The van der Waals surface area contributed by atoms with Gasteiger partial charge in [0.25, 0.3) is 0 Å². The Balaban J connectivity index is 2.01. The molecule has 0 atom stereocenters. The van der Waals surface area contributed by atoms with Crippen LogP contribution in [0.25, 0.3) is 0 Å². The van der Waals surface area contributed by atoms with Gasteiger partial charge in [0, 0.05) is 5.70 Å². The Labute approximate surface area is 98.4 Å². The molecule has 1 aliphatic rings. The molecule has 0 spiro atoms. The van der Waals surface area contributed by atoms with Crippen LogP contribution in [0.2, 0.25) is 0 Å². The smallest absolute Gasteiger partial charge is 0.203 e. The fourth-order valence-electron chi connectivity index (χ4n) is 1.52. The van der Waals surface area contributed by atoms with Gasteiger partial charge < -0.3 is 10.5 Å². The van der Waals surface area contributed by atoms with E-state index in [-0.39, 0.29) is 30.4 Å². The van der Waals surface area contributed by atoms with Gasteiger partial charge in [0.05, 0.1) is 6.42 Å². The summed E-state index contributed by atoms with van der Waals surface area (Å²) in [5.41, 5.74) is 6.71. The van der Waals surface area contributed by atoms with E-state index in [0.717, 1.165) is 0 Å². The molecule has 88 valence electrons. The quantitative estimate of drug-likeness (QED) is 0.869. The standard InChI is InChI=1S/C13H12FNO2/c14-10-3-1-2-9(6-10)8-17-13-5-4-11(15)7-12(13)16/h1-6H,7-8,15H2. The van der Waals surface area contributed by atoms with E-state index in [1.807, 2.05) is 0 Å². The molecule has 2 rings (SSSR count). The molecule has 3 nitrogen and oxygen atoms in total. The van der Waals surface area contributed by atoms with Crippen LogP contribution < -0.4 is 5.73 Å². The Bertz CT molecular complexity index is 506. The minimum absolute atomic E-state index is 0.151. The number of benzene rings is 1. The van der Waals surface area contributed by atoms with Crippen LogP contribution in [0.1, 0.15) is 12.0 Å². The Kier molecular flexibility index (Phi) is 3.23. The van der Waals surface area contributed by atoms with Crippen LogP contribution in [0.15, 0.2) is 47.9 Å². The van der Waals surface area contributed by atoms with E-state index in [2.05, 4.69) is 0 Å². The fourth-order valence-corrected chi connectivity index (χ4v) is 1.52. The molecule has 1 aliphatic carbocycles. The summed E-state index contributed by atoms with van der Waals surface area (Å²) in [6.45, 7) is 0.170. The molecule has 0 radical (unpaired) electrons. The minimum atomic E-state index is -0.320. The SMILES string of the molecule is NC1=CC=C(OCc2cccc(F)c2)C(=O)C1. The van der Waals surface area contributed by atoms with Crippen LogP contribution in [0, 0.1) is 5.82 Å². The van der Waals surface area contributed by atoms with E-state index in [1.165, 1.54) is 12.1 Å². The lowest BCUT2D eigenvalue weighted by atomic mass is 10.1. The van der Waals surface area contributed by atoms with Crippen molar-refractivity contribution in [2.45, 2.75) is 13.0 Å². The lowest BCUT2D eigenvalue weighted by molar-refractivity contribution is -0.118. The summed E-state index contributed by atoms with van der Waals surface area (Å²) in [5, 5.41) is 0. The Hall–Kier alpha value is -2.10. The lowest BCUT2D eigenvalue weighted by Gasteiger charge is -2.12. The molecule has 0 saturated heterocycles. The highest BCUT2D eigenvalue weighted by molar-refractivity contribution is 5.96. The van der Waals surface area contributed by atoms with Gasteiger partial charge in [-0.3, -0.25) is 4.79 Å². The van der Waals surface area contributed by atoms with Crippen molar-refractivity contribution in [1.82, 2.24) is 0 Å². The molecule has 0 aliphatic heterocycles. The molecule has 17 heavy (non-hydrogen) atoms. The Morgan fingerprint density at radius 1 is 1.35 bits per heavy atom. The molecule has 4 heteroatoms. The average molecular weight is 233 g/mol. The number of nitrogens with two attached hydrogens (primary N) is 1. The average Bonchev–Trinajstić information content (AvgIpc) is 2.28. The topological polar surface area (TPSA) is 52.3 Å². The summed E-state index contributed by atoms with van der Waals surface area (Å²) < 4.78 is 18.2. The largest absolute Gasteiger partial charge is 0.485 e. The zero-order valence-corrected chi connectivity index (χ0v) is 9.15. The molecular formula is C13H12FNO2. The first-order valence-electron chi connectivity index (χ1n) is 5.22. The molecular weight excluding hydrogens is 221 g/mol. The fraction of sp³-hybridized carbons (Fsp3) is 0.154. The van der Waals surface area contributed by atoms with Gasteiger partial charge in [0.1, 0.15) is 12.4 Å². The third-order valence-electron chi connectivity index (χ3n) is 2.37. The van der Waals surface area contributed by atoms with Gasteiger partial charge in [0.2, 0.25) is 5.78 Å². The molecule has 0 aromatic heterocycles. The second kappa shape index (κ2) is 4.82. The number of ether oxygens (including phenoxy) is 1. The molecule has 1 aromatic carbocycles. The van der Waals surface area contributed by atoms with Crippen molar-refractivity contribution in [2.24, 2.45) is 5.73 Å². The van der Waals surface area contributed by atoms with Crippen molar-refractivity contribution in [3.8, 4) is 0 Å². The first-order valence-corrected chi connectivity index (χ1v) is 5.22. The van der Waals surface area contributed by atoms with Crippen LogP contribution in [0.4, 0.5) is 4.39 Å². The van der Waals surface area contributed by atoms with E-state index in [1.54, 1.807) is 24.3 Å². The molecule has 0 fully saturated rings. The predicted octanol–water partition coefficient (Wildman–Crippen LogP) is 2.04. The summed E-state index contributed by atoms with van der Waals surface area (Å²) in [6, 6.07) is 6.07. The first-order chi connectivity index (χ1) is 8.15. The number of rotatable bonds is 3. The van der Waals surface area contributed by atoms with Crippen LogP contribution in [-0.4, -0.2) is 5.78 Å². The Morgan fingerprint density at radius 2 is 2.18 bits per heavy atom. The van der Waals surface area contributed by atoms with E-state index in [9.17, 15) is 9.18 Å². The third kappa shape index (κ3) is 2.93. The summed E-state index contributed by atoms with van der Waals surface area (Å²) >= 11 is 0. The summed E-state index contributed by atoms with van der Waals surface area (Å²) in [4.78, 5) is 11.5. The second-order valence-electron chi connectivity index (χ2n) is 3.79. The van der Waals surface area contributed by atoms with Gasteiger partial charge in [-0.2, -0.15) is 0 Å². The molecule has 0 amide bonds. The highest BCUT2D eigenvalue weighted by Gasteiger charge is 2.15. The molecule has 2 N–H and O–H groups in total. The van der Waals surface area contributed by atoms with Gasteiger partial charge in [-0.15, -0.1) is 0 Å². The van der Waals surface area contributed by atoms with Gasteiger partial charge >= 0.3 is 0 Å². The number of hydrogen-bond acceptors (Lipinski definition) is 3. The Morgan fingerprint density at radius 3 is 2.88 bits per heavy atom. The second-order valence-corrected chi connectivity index (χ2v) is 3.79. The van der Waals surface area contributed by atoms with E-state index in [4.69, 9.17) is 10.5 Å². The summed E-state index contributed by atoms with van der Waals surface area (Å²) in [6.07, 6.45) is 3.36. The molecule has 0 bridgehead atoms. The normalized spacial score (nSPS) is 15.2. The monoisotopic (exact) mass is 233 g/mol. The number of ketones is 1. The maximum absolute atomic E-state index is 12.9. The number of halogens is 1. The van der Waals surface area contributed by atoms with Crippen molar-refractivity contribution in [3.63, 3.8) is 0 Å². The maximum Gasteiger partial charge on any atom is 0.203 e. The van der Waals surface area contributed by atoms with Crippen molar-refractivity contribution in [1.29, 1.82) is 0 Å². The van der Waals surface area contributed by atoms with Crippen LogP contribution in [0.5, 0.6) is 0 Å². The summed E-state index contributed by atoms with van der Waals surface area (Å²) in [5.74, 6) is -0.205. The number of hydrogen-bond donors (Lipinski definition) is 1. The van der Waals surface area contributed by atoms with Crippen molar-refractivity contribution >= 4 is 5.78 Å². The van der Waals surface area contributed by atoms with Gasteiger partial charge in [-0.1, -0.05) is 12.1 Å². The van der Waals surface area contributed by atoms with E-state index >= 15 is 0 Å². The molecule has 1 aromatic rings. The van der Waals surface area contributed by atoms with E-state index < -0.39 is 0 Å². The van der Waals surface area contributed by atoms with Crippen molar-refractivity contribution < 1.29 is 13.9 Å². The predicted molar refractivity (Wildman–Crippen MR) is 61.2 cm³/mol. The number of allylic oxidation sites excluding steroid dienone is 4. The molecule has 0 heterocycles.